The van der Waals surface area contributed by atoms with Crippen LogP contribution in [-0.2, 0) is 0 Å². The summed E-state index contributed by atoms with van der Waals surface area (Å²) >= 11 is 3.44. The summed E-state index contributed by atoms with van der Waals surface area (Å²) in [4.78, 5) is 0. The van der Waals surface area contributed by atoms with Gasteiger partial charge in [-0.2, -0.15) is 0 Å². The first-order chi connectivity index (χ1) is 10.2. The van der Waals surface area contributed by atoms with Gasteiger partial charge in [-0.25, -0.2) is 0 Å². The van der Waals surface area contributed by atoms with Gasteiger partial charge in [0, 0.05) is 4.47 Å². The zero-order valence-corrected chi connectivity index (χ0v) is 14.7. The Hall–Kier alpha value is -0.540. The summed E-state index contributed by atoms with van der Waals surface area (Å²) in [7, 11) is 0. The Bertz CT molecular complexity index is 410. The molecule has 2 nitrogen and oxygen atoms in total. The zero-order chi connectivity index (χ0) is 15.1. The molecular weight excluding hydrogens is 326 g/mol. The van der Waals surface area contributed by atoms with Gasteiger partial charge in [-0.3, -0.25) is 0 Å². The van der Waals surface area contributed by atoms with Crippen molar-refractivity contribution < 1.29 is 4.74 Å². The molecule has 2 rings (SSSR count). The third kappa shape index (κ3) is 5.00. The number of halogens is 1. The quantitative estimate of drug-likeness (QED) is 0.735. The highest BCUT2D eigenvalue weighted by Gasteiger charge is 2.33. The largest absolute Gasteiger partial charge is 0.494 e. The van der Waals surface area contributed by atoms with E-state index in [2.05, 4.69) is 22.9 Å². The molecule has 21 heavy (non-hydrogen) atoms. The number of hydrogen-bond donors (Lipinski definition) is 1. The van der Waals surface area contributed by atoms with E-state index in [0.717, 1.165) is 35.7 Å². The van der Waals surface area contributed by atoms with Crippen molar-refractivity contribution in [3.63, 3.8) is 0 Å². The van der Waals surface area contributed by atoms with Crippen LogP contribution in [0.25, 0.3) is 0 Å². The summed E-state index contributed by atoms with van der Waals surface area (Å²) in [6, 6.07) is 8.06. The van der Waals surface area contributed by atoms with Crippen molar-refractivity contribution >= 4 is 15.9 Å². The predicted octanol–water partition coefficient (Wildman–Crippen LogP) is 5.15. The third-order valence-corrected chi connectivity index (χ3v) is 5.54. The van der Waals surface area contributed by atoms with Crippen LogP contribution in [0.1, 0.15) is 51.9 Å². The molecule has 1 aliphatic rings. The molecule has 0 aliphatic heterocycles. The Morgan fingerprint density at radius 1 is 1.24 bits per heavy atom. The topological polar surface area (TPSA) is 35.2 Å². The van der Waals surface area contributed by atoms with Gasteiger partial charge in [0.25, 0.3) is 0 Å². The Morgan fingerprint density at radius 3 is 2.48 bits per heavy atom. The maximum atomic E-state index is 6.10. The standard InChI is InChI=1S/C18H28BrNO/c1-2-3-15-8-10-18(14-20,11-9-15)12-13-21-17-6-4-16(19)5-7-17/h4-7,15H,2-3,8-14,20H2,1H3. The predicted molar refractivity (Wildman–Crippen MR) is 92.6 cm³/mol. The van der Waals surface area contributed by atoms with Crippen LogP contribution in [-0.4, -0.2) is 13.2 Å². The van der Waals surface area contributed by atoms with E-state index in [4.69, 9.17) is 10.5 Å². The fourth-order valence-electron chi connectivity index (χ4n) is 3.46. The van der Waals surface area contributed by atoms with E-state index in [9.17, 15) is 0 Å². The highest BCUT2D eigenvalue weighted by atomic mass is 79.9. The molecule has 0 spiro atoms. The molecule has 1 fully saturated rings. The average Bonchev–Trinajstić information content (AvgIpc) is 2.51. The second kappa shape index (κ2) is 8.19. The maximum absolute atomic E-state index is 6.10. The number of nitrogens with two attached hydrogens (primary N) is 1. The molecule has 0 heterocycles. The summed E-state index contributed by atoms with van der Waals surface area (Å²) in [5.41, 5.74) is 6.41. The van der Waals surface area contributed by atoms with E-state index in [1.807, 2.05) is 24.3 Å². The van der Waals surface area contributed by atoms with E-state index in [1.165, 1.54) is 38.5 Å². The molecule has 0 aromatic heterocycles. The fraction of sp³-hybridized carbons (Fsp3) is 0.667. The van der Waals surface area contributed by atoms with Crippen molar-refractivity contribution in [2.24, 2.45) is 17.1 Å². The monoisotopic (exact) mass is 353 g/mol. The van der Waals surface area contributed by atoms with Crippen molar-refractivity contribution in [2.45, 2.75) is 51.9 Å². The van der Waals surface area contributed by atoms with Gasteiger partial charge in [0.1, 0.15) is 5.75 Å². The maximum Gasteiger partial charge on any atom is 0.119 e. The van der Waals surface area contributed by atoms with E-state index in [0.29, 0.717) is 5.41 Å². The molecule has 0 unspecified atom stereocenters. The molecule has 0 saturated heterocycles. The first-order valence-electron chi connectivity index (χ1n) is 8.26. The van der Waals surface area contributed by atoms with Crippen molar-refractivity contribution in [2.75, 3.05) is 13.2 Å². The number of benzene rings is 1. The molecule has 118 valence electrons. The van der Waals surface area contributed by atoms with Crippen molar-refractivity contribution in [3.05, 3.63) is 28.7 Å². The number of hydrogen-bond acceptors (Lipinski definition) is 2. The van der Waals surface area contributed by atoms with Gasteiger partial charge in [0.15, 0.2) is 0 Å². The van der Waals surface area contributed by atoms with E-state index in [1.54, 1.807) is 0 Å². The van der Waals surface area contributed by atoms with E-state index in [-0.39, 0.29) is 0 Å². The molecule has 0 atom stereocenters. The lowest BCUT2D eigenvalue weighted by atomic mass is 9.68. The lowest BCUT2D eigenvalue weighted by molar-refractivity contribution is 0.115. The van der Waals surface area contributed by atoms with Crippen LogP contribution in [0.2, 0.25) is 0 Å². The first-order valence-corrected chi connectivity index (χ1v) is 9.05. The Morgan fingerprint density at radius 2 is 1.90 bits per heavy atom. The SMILES string of the molecule is CCCC1CCC(CN)(CCOc2ccc(Br)cc2)CC1. The van der Waals surface area contributed by atoms with Gasteiger partial charge in [0.05, 0.1) is 6.61 Å². The zero-order valence-electron chi connectivity index (χ0n) is 13.1. The normalized spacial score (nSPS) is 25.8. The fourth-order valence-corrected chi connectivity index (χ4v) is 3.72. The number of rotatable bonds is 7. The van der Waals surface area contributed by atoms with Crippen LogP contribution >= 0.6 is 15.9 Å². The second-order valence-corrected chi connectivity index (χ2v) is 7.40. The van der Waals surface area contributed by atoms with Crippen LogP contribution in [0.3, 0.4) is 0 Å². The molecule has 1 aromatic carbocycles. The molecule has 2 N–H and O–H groups in total. The Labute approximate surface area is 137 Å². The van der Waals surface area contributed by atoms with Crippen molar-refractivity contribution in [1.29, 1.82) is 0 Å². The molecule has 1 aromatic rings. The lowest BCUT2D eigenvalue weighted by Crippen LogP contribution is -2.36. The average molecular weight is 354 g/mol. The molecular formula is C18H28BrNO. The van der Waals surface area contributed by atoms with Crippen molar-refractivity contribution in [3.8, 4) is 5.75 Å². The van der Waals surface area contributed by atoms with Crippen LogP contribution in [0, 0.1) is 11.3 Å². The van der Waals surface area contributed by atoms with E-state index < -0.39 is 0 Å². The van der Waals surface area contributed by atoms with Crippen LogP contribution < -0.4 is 10.5 Å². The van der Waals surface area contributed by atoms with Gasteiger partial charge in [0.2, 0.25) is 0 Å². The molecule has 3 heteroatoms. The van der Waals surface area contributed by atoms with Crippen LogP contribution in [0.15, 0.2) is 28.7 Å². The van der Waals surface area contributed by atoms with Gasteiger partial charge in [-0.1, -0.05) is 35.7 Å². The number of ether oxygens (including phenoxy) is 1. The van der Waals surface area contributed by atoms with Crippen LogP contribution in [0.4, 0.5) is 0 Å². The summed E-state index contributed by atoms with van der Waals surface area (Å²) in [6.45, 7) is 3.86. The van der Waals surface area contributed by atoms with Gasteiger partial charge in [-0.05, 0) is 74.2 Å². The second-order valence-electron chi connectivity index (χ2n) is 6.49. The molecule has 1 saturated carbocycles. The lowest BCUT2D eigenvalue weighted by Gasteiger charge is -2.39. The minimum Gasteiger partial charge on any atom is -0.494 e. The first kappa shape index (κ1) is 16.8. The van der Waals surface area contributed by atoms with Crippen LogP contribution in [0.5, 0.6) is 5.75 Å². The van der Waals surface area contributed by atoms with Gasteiger partial charge < -0.3 is 10.5 Å². The van der Waals surface area contributed by atoms with Gasteiger partial charge >= 0.3 is 0 Å². The van der Waals surface area contributed by atoms with Crippen molar-refractivity contribution in [1.82, 2.24) is 0 Å². The summed E-state index contributed by atoms with van der Waals surface area (Å²) < 4.78 is 6.97. The Balaban J connectivity index is 1.78. The molecule has 0 radical (unpaired) electrons. The van der Waals surface area contributed by atoms with E-state index >= 15 is 0 Å². The molecule has 1 aliphatic carbocycles. The highest BCUT2D eigenvalue weighted by molar-refractivity contribution is 9.10. The molecule has 0 amide bonds. The minimum atomic E-state index is 0.319. The highest BCUT2D eigenvalue weighted by Crippen LogP contribution is 2.42. The molecule has 0 bridgehead atoms. The minimum absolute atomic E-state index is 0.319. The Kier molecular flexibility index (Phi) is 6.56. The summed E-state index contributed by atoms with van der Waals surface area (Å²) in [5, 5.41) is 0. The summed E-state index contributed by atoms with van der Waals surface area (Å²) in [5.74, 6) is 1.88. The third-order valence-electron chi connectivity index (χ3n) is 5.01. The smallest absolute Gasteiger partial charge is 0.119 e. The summed E-state index contributed by atoms with van der Waals surface area (Å²) in [6.07, 6.45) is 9.03. The van der Waals surface area contributed by atoms with Gasteiger partial charge in [-0.15, -0.1) is 0 Å².